The van der Waals surface area contributed by atoms with Crippen LogP contribution in [0, 0.1) is 28.1 Å². The molecule has 0 N–H and O–H groups in total. The molecule has 1 heterocycles. The predicted molar refractivity (Wildman–Crippen MR) is 118 cm³/mol. The molecule has 1 saturated carbocycles. The monoisotopic (exact) mass is 412 g/mol. The lowest BCUT2D eigenvalue weighted by atomic mass is 9.40. The van der Waals surface area contributed by atoms with Gasteiger partial charge in [-0.25, -0.2) is 0 Å². The van der Waals surface area contributed by atoms with Gasteiger partial charge in [0, 0.05) is 5.92 Å². The molecule has 1 aliphatic heterocycles. The van der Waals surface area contributed by atoms with Crippen molar-refractivity contribution in [2.24, 2.45) is 28.1 Å². The van der Waals surface area contributed by atoms with Gasteiger partial charge in [0.2, 0.25) is 0 Å². The van der Waals surface area contributed by atoms with E-state index in [0.29, 0.717) is 17.8 Å². The second kappa shape index (κ2) is 6.77. The summed E-state index contributed by atoms with van der Waals surface area (Å²) in [6, 6.07) is 0. The summed E-state index contributed by atoms with van der Waals surface area (Å²) in [7, 11) is 0. The first kappa shape index (κ1) is 22.7. The molecule has 0 aromatic heterocycles. The van der Waals surface area contributed by atoms with Crippen LogP contribution in [0.25, 0.3) is 0 Å². The molecule has 1 fully saturated rings. The van der Waals surface area contributed by atoms with Crippen LogP contribution in [0.15, 0.2) is 35.1 Å². The Morgan fingerprint density at radius 3 is 2.30 bits per heavy atom. The number of carbonyl (C=O) groups excluding carboxylic acids is 3. The SMILES string of the molecule is CC(C)=CCC1CC2(C)C(=O)[C@@](C(=O)C(C)C)(C(=O)C3=C2OC(C)(C)C=C3)C1(C)C. The highest BCUT2D eigenvalue weighted by Gasteiger charge is 2.74. The van der Waals surface area contributed by atoms with Crippen LogP contribution in [0.3, 0.4) is 0 Å². The third-order valence-electron chi connectivity index (χ3n) is 7.54. The zero-order valence-corrected chi connectivity index (χ0v) is 19.9. The number of ether oxygens (including phenoxy) is 1. The van der Waals surface area contributed by atoms with Gasteiger partial charge < -0.3 is 4.74 Å². The van der Waals surface area contributed by atoms with Gasteiger partial charge >= 0.3 is 0 Å². The summed E-state index contributed by atoms with van der Waals surface area (Å²) in [5.41, 5.74) is -2.49. The molecule has 0 amide bonds. The maximum absolute atomic E-state index is 14.2. The van der Waals surface area contributed by atoms with E-state index in [-0.39, 0.29) is 23.3 Å². The van der Waals surface area contributed by atoms with Crippen molar-refractivity contribution in [2.45, 2.75) is 80.8 Å². The molecular weight excluding hydrogens is 376 g/mol. The van der Waals surface area contributed by atoms with Crippen LogP contribution in [0.2, 0.25) is 0 Å². The molecule has 4 heteroatoms. The molecule has 164 valence electrons. The van der Waals surface area contributed by atoms with Crippen molar-refractivity contribution in [1.29, 1.82) is 0 Å². The van der Waals surface area contributed by atoms with Gasteiger partial charge in [-0.2, -0.15) is 0 Å². The number of fused-ring (bicyclic) bond motifs is 3. The molecule has 4 nitrogen and oxygen atoms in total. The average Bonchev–Trinajstić information content (AvgIpc) is 2.61. The minimum absolute atomic E-state index is 0.00609. The fraction of sp³-hybridized carbons (Fsp3) is 0.654. The van der Waals surface area contributed by atoms with E-state index in [0.717, 1.165) is 6.42 Å². The maximum atomic E-state index is 14.2. The van der Waals surface area contributed by atoms with Crippen molar-refractivity contribution in [3.8, 4) is 0 Å². The molecule has 2 bridgehead atoms. The fourth-order valence-electron chi connectivity index (χ4n) is 5.68. The summed E-state index contributed by atoms with van der Waals surface area (Å²) in [5.74, 6) is -0.890. The van der Waals surface area contributed by atoms with E-state index in [4.69, 9.17) is 4.74 Å². The smallest absolute Gasteiger partial charge is 0.187 e. The first-order valence-electron chi connectivity index (χ1n) is 11.0. The number of rotatable bonds is 4. The minimum Gasteiger partial charge on any atom is -0.486 e. The number of ketones is 3. The van der Waals surface area contributed by atoms with Crippen LogP contribution >= 0.6 is 0 Å². The minimum atomic E-state index is -1.68. The standard InChI is InChI=1S/C26H36O4/c1-15(2)10-11-17-14-25(9)21-18(12-13-23(5,6)30-21)20(28)26(22(25)29,24(17,7)8)19(27)16(3)4/h10,12-13,16-17H,11,14H2,1-9H3/t17?,25?,26-/m1/s1. The zero-order chi connectivity index (χ0) is 22.9. The molecule has 0 saturated heterocycles. The lowest BCUT2D eigenvalue weighted by Gasteiger charge is -2.60. The van der Waals surface area contributed by atoms with Crippen LogP contribution in [0.5, 0.6) is 0 Å². The third-order valence-corrected chi connectivity index (χ3v) is 7.54. The van der Waals surface area contributed by atoms with Gasteiger partial charge in [0.25, 0.3) is 0 Å². The van der Waals surface area contributed by atoms with Crippen LogP contribution < -0.4 is 0 Å². The van der Waals surface area contributed by atoms with Gasteiger partial charge in [-0.1, -0.05) is 39.3 Å². The fourth-order valence-corrected chi connectivity index (χ4v) is 5.68. The molecule has 0 aromatic carbocycles. The van der Waals surface area contributed by atoms with Gasteiger partial charge in [-0.15, -0.1) is 0 Å². The second-order valence-electron chi connectivity index (χ2n) is 11.2. The summed E-state index contributed by atoms with van der Waals surface area (Å²) in [5, 5.41) is 0. The van der Waals surface area contributed by atoms with E-state index in [2.05, 4.69) is 6.08 Å². The van der Waals surface area contributed by atoms with Gasteiger partial charge in [-0.3, -0.25) is 14.4 Å². The number of allylic oxidation sites excluding steroid dienone is 5. The topological polar surface area (TPSA) is 60.4 Å². The van der Waals surface area contributed by atoms with Gasteiger partial charge in [0.1, 0.15) is 11.4 Å². The Hall–Kier alpha value is -1.97. The van der Waals surface area contributed by atoms with Crippen molar-refractivity contribution >= 4 is 17.3 Å². The summed E-state index contributed by atoms with van der Waals surface area (Å²) in [6.07, 6.45) is 7.06. The van der Waals surface area contributed by atoms with Crippen molar-refractivity contribution in [1.82, 2.24) is 0 Å². The second-order valence-corrected chi connectivity index (χ2v) is 11.2. The van der Waals surface area contributed by atoms with Crippen LogP contribution in [-0.4, -0.2) is 23.0 Å². The van der Waals surface area contributed by atoms with Crippen LogP contribution in [-0.2, 0) is 19.1 Å². The molecule has 3 rings (SSSR count). The highest BCUT2D eigenvalue weighted by Crippen LogP contribution is 2.65. The molecule has 3 aliphatic rings. The lowest BCUT2D eigenvalue weighted by Crippen LogP contribution is -2.70. The molecule has 30 heavy (non-hydrogen) atoms. The first-order chi connectivity index (χ1) is 13.6. The van der Waals surface area contributed by atoms with E-state index in [1.54, 1.807) is 19.9 Å². The lowest BCUT2D eigenvalue weighted by molar-refractivity contribution is -0.178. The Bertz CT molecular complexity index is 907. The summed E-state index contributed by atoms with van der Waals surface area (Å²) < 4.78 is 6.26. The molecule has 0 aromatic rings. The average molecular weight is 413 g/mol. The number of hydrogen-bond acceptors (Lipinski definition) is 4. The molecule has 2 unspecified atom stereocenters. The highest BCUT2D eigenvalue weighted by atomic mass is 16.5. The third kappa shape index (κ3) is 2.82. The highest BCUT2D eigenvalue weighted by molar-refractivity contribution is 6.34. The van der Waals surface area contributed by atoms with Crippen molar-refractivity contribution in [3.05, 3.63) is 35.1 Å². The van der Waals surface area contributed by atoms with Crippen molar-refractivity contribution in [3.63, 3.8) is 0 Å². The van der Waals surface area contributed by atoms with Gasteiger partial charge in [0.05, 0.1) is 11.0 Å². The largest absolute Gasteiger partial charge is 0.486 e. The van der Waals surface area contributed by atoms with Gasteiger partial charge in [0.15, 0.2) is 22.8 Å². The Labute approximate surface area is 180 Å². The zero-order valence-electron chi connectivity index (χ0n) is 19.9. The number of Topliss-reactive ketones (excluding diaryl/α,β-unsaturated/α-hetero) is 3. The Morgan fingerprint density at radius 1 is 1.17 bits per heavy atom. The number of carbonyl (C=O) groups is 3. The van der Waals surface area contributed by atoms with E-state index in [1.807, 2.05) is 54.5 Å². The molecule has 0 spiro atoms. The molecule has 3 atom stereocenters. The molecule has 2 aliphatic carbocycles. The summed E-state index contributed by atoms with van der Waals surface area (Å²) >= 11 is 0. The van der Waals surface area contributed by atoms with Crippen LogP contribution in [0.1, 0.15) is 75.2 Å². The molecule has 0 radical (unpaired) electrons. The van der Waals surface area contributed by atoms with E-state index >= 15 is 0 Å². The predicted octanol–water partition coefficient (Wildman–Crippen LogP) is 5.38. The Morgan fingerprint density at radius 2 is 1.77 bits per heavy atom. The van der Waals surface area contributed by atoms with Crippen molar-refractivity contribution in [2.75, 3.05) is 0 Å². The Kier molecular flexibility index (Phi) is 5.12. The summed E-state index contributed by atoms with van der Waals surface area (Å²) in [6.45, 7) is 17.2. The maximum Gasteiger partial charge on any atom is 0.187 e. The Balaban J connectivity index is 2.35. The van der Waals surface area contributed by atoms with E-state index in [9.17, 15) is 14.4 Å². The van der Waals surface area contributed by atoms with Crippen LogP contribution in [0.4, 0.5) is 0 Å². The molecular formula is C26H36O4. The van der Waals surface area contributed by atoms with E-state index in [1.165, 1.54) is 5.57 Å². The number of hydrogen-bond donors (Lipinski definition) is 0. The quantitative estimate of drug-likeness (QED) is 0.460. The summed E-state index contributed by atoms with van der Waals surface area (Å²) in [4.78, 5) is 42.0. The van der Waals surface area contributed by atoms with Crippen molar-refractivity contribution < 1.29 is 19.1 Å². The first-order valence-corrected chi connectivity index (χ1v) is 11.0. The van der Waals surface area contributed by atoms with E-state index < -0.39 is 27.8 Å². The van der Waals surface area contributed by atoms with Gasteiger partial charge in [-0.05, 0) is 70.9 Å². The normalized spacial score (nSPS) is 33.9.